The average Bonchev–Trinajstić information content (AvgIpc) is 3.81. The third-order valence-electron chi connectivity index (χ3n) is 7.78. The van der Waals surface area contributed by atoms with Crippen molar-refractivity contribution in [2.24, 2.45) is 0 Å². The molecule has 5 heterocycles. The highest BCUT2D eigenvalue weighted by molar-refractivity contribution is 6.37. The molecule has 226 valence electrons. The molecule has 0 saturated heterocycles. The number of fused-ring (bicyclic) bond motifs is 20. The van der Waals surface area contributed by atoms with Crippen LogP contribution in [-0.4, -0.2) is 45.8 Å². The normalized spacial score (nSPS) is 11.4. The standard InChI is InChI=1S/C32H17ClN8.C4H6O2/c33-23-15-7-14-22-24(23)32-40-30-21-13-6-5-12-20(21)28(38-30)36-26-17-9-2-1-8-16(17)25(34-26)35-27-18-10-3-4-11-19(18)29(37-27)39-31(22)41-32;1-3-6-4(2)5/h1-15H,(H2,34,35,36,37,38,39,40,41);3H,1H2,2H3. The quantitative estimate of drug-likeness (QED) is 0.136. The topological polar surface area (TPSA) is 135 Å². The molecule has 0 saturated carbocycles. The van der Waals surface area contributed by atoms with Crippen LogP contribution in [-0.2, 0) is 9.53 Å². The Kier molecular flexibility index (Phi) is 6.77. The lowest BCUT2D eigenvalue weighted by atomic mass is 10.1. The number of esters is 1. The number of halogens is 1. The first-order valence-corrected chi connectivity index (χ1v) is 15.0. The van der Waals surface area contributed by atoms with Gasteiger partial charge < -0.3 is 14.7 Å². The van der Waals surface area contributed by atoms with E-state index in [-0.39, 0.29) is 5.97 Å². The van der Waals surface area contributed by atoms with Crippen molar-refractivity contribution < 1.29 is 9.53 Å². The maximum absolute atomic E-state index is 9.75. The van der Waals surface area contributed by atoms with Crippen molar-refractivity contribution in [2.75, 3.05) is 0 Å². The largest absolute Gasteiger partial charge is 0.435 e. The summed E-state index contributed by atoms with van der Waals surface area (Å²) in [6.45, 7) is 4.48. The van der Waals surface area contributed by atoms with Crippen molar-refractivity contribution in [3.8, 4) is 45.6 Å². The van der Waals surface area contributed by atoms with Gasteiger partial charge in [-0.1, -0.05) is 103 Å². The van der Waals surface area contributed by atoms with Crippen molar-refractivity contribution in [3.05, 3.63) is 109 Å². The van der Waals surface area contributed by atoms with E-state index >= 15 is 0 Å². The Morgan fingerprint density at radius 1 is 0.596 bits per heavy atom. The Balaban J connectivity index is 0.000000497. The molecular weight excluding hydrogens is 612 g/mol. The number of hydrogen-bond donors (Lipinski definition) is 2. The molecule has 10 nitrogen and oxygen atoms in total. The number of aromatic amines is 2. The number of rotatable bonds is 1. The van der Waals surface area contributed by atoms with Gasteiger partial charge in [-0.2, -0.15) is 0 Å². The number of aromatic nitrogens is 8. The summed E-state index contributed by atoms with van der Waals surface area (Å²) in [5.41, 5.74) is 6.09. The summed E-state index contributed by atoms with van der Waals surface area (Å²) in [4.78, 5) is 46.4. The highest BCUT2D eigenvalue weighted by atomic mass is 35.5. The number of hydrogen-bond acceptors (Lipinski definition) is 8. The summed E-state index contributed by atoms with van der Waals surface area (Å²) in [5.74, 6) is 1.91. The van der Waals surface area contributed by atoms with Crippen LogP contribution in [0.5, 0.6) is 0 Å². The highest BCUT2D eigenvalue weighted by Gasteiger charge is 2.22. The molecule has 3 aromatic heterocycles. The lowest BCUT2D eigenvalue weighted by Crippen LogP contribution is -1.87. The first-order valence-electron chi connectivity index (χ1n) is 14.7. The minimum absolute atomic E-state index is 0.329. The van der Waals surface area contributed by atoms with Gasteiger partial charge in [-0.3, -0.25) is 4.79 Å². The first-order chi connectivity index (χ1) is 23.0. The van der Waals surface area contributed by atoms with Gasteiger partial charge in [0.2, 0.25) is 0 Å². The number of nitrogens with zero attached hydrogens (tertiary/aromatic N) is 6. The van der Waals surface area contributed by atoms with Gasteiger partial charge in [0.05, 0.1) is 11.3 Å². The van der Waals surface area contributed by atoms with Crippen LogP contribution in [0.25, 0.3) is 89.7 Å². The fourth-order valence-electron chi connectivity index (χ4n) is 5.77. The lowest BCUT2D eigenvalue weighted by molar-refractivity contribution is -0.135. The van der Waals surface area contributed by atoms with E-state index in [4.69, 9.17) is 41.5 Å². The minimum Gasteiger partial charge on any atom is -0.435 e. The smallest absolute Gasteiger partial charge is 0.307 e. The number of carbonyl (C=O) groups excluding carboxylic acids is 1. The molecule has 0 unspecified atom stereocenters. The molecule has 47 heavy (non-hydrogen) atoms. The molecule has 11 heteroatoms. The summed E-state index contributed by atoms with van der Waals surface area (Å²) in [5, 5.41) is 4.05. The monoisotopic (exact) mass is 634 g/mol. The number of nitrogens with one attached hydrogen (secondary N) is 2. The van der Waals surface area contributed by atoms with Crippen LogP contribution in [0.15, 0.2) is 104 Å². The third kappa shape index (κ3) is 4.88. The molecule has 0 aliphatic carbocycles. The molecule has 0 atom stereocenters. The van der Waals surface area contributed by atoms with Crippen LogP contribution >= 0.6 is 11.6 Å². The van der Waals surface area contributed by atoms with E-state index in [9.17, 15) is 4.79 Å². The summed E-state index contributed by atoms with van der Waals surface area (Å²) in [6, 6.07) is 29.7. The predicted molar refractivity (Wildman–Crippen MR) is 183 cm³/mol. The Morgan fingerprint density at radius 3 is 1.45 bits per heavy atom. The van der Waals surface area contributed by atoms with Gasteiger partial charge in [-0.15, -0.1) is 0 Å². The van der Waals surface area contributed by atoms with Gasteiger partial charge in [-0.05, 0) is 6.07 Å². The molecule has 0 spiro atoms. The molecule has 9 rings (SSSR count). The summed E-state index contributed by atoms with van der Waals surface area (Å²) < 4.78 is 4.17. The highest BCUT2D eigenvalue weighted by Crippen LogP contribution is 2.37. The van der Waals surface area contributed by atoms with E-state index in [0.29, 0.717) is 50.9 Å². The zero-order valence-corrected chi connectivity index (χ0v) is 25.6. The molecular formula is C36H23ClN8O2. The average molecular weight is 635 g/mol. The van der Waals surface area contributed by atoms with Crippen molar-refractivity contribution in [2.45, 2.75) is 6.92 Å². The zero-order chi connectivity index (χ0) is 32.1. The van der Waals surface area contributed by atoms with Crippen molar-refractivity contribution in [1.29, 1.82) is 0 Å². The zero-order valence-electron chi connectivity index (χ0n) is 24.8. The Labute approximate surface area is 271 Å². The molecule has 0 fully saturated rings. The van der Waals surface area contributed by atoms with Crippen LogP contribution in [0.2, 0.25) is 5.02 Å². The second kappa shape index (κ2) is 11.3. The van der Waals surface area contributed by atoms with Gasteiger partial charge in [0, 0.05) is 50.7 Å². The number of H-pyrrole nitrogens is 2. The molecule has 8 bridgehead atoms. The number of ether oxygens (including phenoxy) is 1. The van der Waals surface area contributed by atoms with Gasteiger partial charge in [-0.25, -0.2) is 29.9 Å². The fraction of sp³-hybridized carbons (Fsp3) is 0.0278. The van der Waals surface area contributed by atoms with Crippen LogP contribution in [0.4, 0.5) is 0 Å². The Bertz CT molecular complexity index is 2590. The molecule has 2 N–H and O–H groups in total. The van der Waals surface area contributed by atoms with E-state index < -0.39 is 0 Å². The van der Waals surface area contributed by atoms with Crippen LogP contribution in [0.3, 0.4) is 0 Å². The van der Waals surface area contributed by atoms with E-state index in [0.717, 1.165) is 50.1 Å². The molecule has 2 aliphatic heterocycles. The maximum Gasteiger partial charge on any atom is 0.307 e. The predicted octanol–water partition coefficient (Wildman–Crippen LogP) is 8.22. The molecule has 0 radical (unpaired) electrons. The van der Waals surface area contributed by atoms with Gasteiger partial charge >= 0.3 is 5.97 Å². The third-order valence-corrected chi connectivity index (χ3v) is 8.09. The van der Waals surface area contributed by atoms with E-state index in [1.54, 1.807) is 0 Å². The van der Waals surface area contributed by atoms with E-state index in [1.165, 1.54) is 6.92 Å². The second-order valence-electron chi connectivity index (χ2n) is 10.7. The molecule has 2 aliphatic rings. The maximum atomic E-state index is 9.75. The first kappa shape index (κ1) is 28.2. The second-order valence-corrected chi connectivity index (χ2v) is 11.1. The number of benzene rings is 4. The summed E-state index contributed by atoms with van der Waals surface area (Å²) >= 11 is 6.73. The molecule has 7 aromatic rings. The van der Waals surface area contributed by atoms with Gasteiger partial charge in [0.1, 0.15) is 22.6 Å². The van der Waals surface area contributed by atoms with Crippen molar-refractivity contribution in [1.82, 2.24) is 39.9 Å². The van der Waals surface area contributed by atoms with Crippen LogP contribution < -0.4 is 0 Å². The molecule has 0 amide bonds. The Morgan fingerprint density at radius 2 is 1.00 bits per heavy atom. The van der Waals surface area contributed by atoms with Gasteiger partial charge in [0.15, 0.2) is 23.3 Å². The number of carbonyl (C=O) groups is 1. The summed E-state index contributed by atoms with van der Waals surface area (Å²) in [7, 11) is 0. The van der Waals surface area contributed by atoms with Crippen molar-refractivity contribution in [3.63, 3.8) is 0 Å². The SMILES string of the molecule is C=COC(C)=O.Clc1cccc2c3nc4nc(nc5[nH]c(nc6nc(nc([nH]3)c12)-c1ccccc1-6)c1ccccc51)-c1ccccc1-4. The van der Waals surface area contributed by atoms with Crippen molar-refractivity contribution >= 4 is 61.7 Å². The van der Waals surface area contributed by atoms with Gasteiger partial charge in [0.25, 0.3) is 0 Å². The Hall–Kier alpha value is -6.26. The lowest BCUT2D eigenvalue weighted by Gasteiger charge is -1.96. The van der Waals surface area contributed by atoms with Crippen LogP contribution in [0, 0.1) is 0 Å². The summed E-state index contributed by atoms with van der Waals surface area (Å²) in [6.07, 6.45) is 1.10. The van der Waals surface area contributed by atoms with E-state index in [2.05, 4.69) is 21.3 Å². The minimum atomic E-state index is -0.329. The molecule has 4 aromatic carbocycles. The fourth-order valence-corrected chi connectivity index (χ4v) is 6.03. The van der Waals surface area contributed by atoms with E-state index in [1.807, 2.05) is 91.0 Å². The van der Waals surface area contributed by atoms with Crippen LogP contribution in [0.1, 0.15) is 6.92 Å².